The molecule has 2 N–H and O–H groups in total. The highest BCUT2D eigenvalue weighted by Gasteiger charge is 2.43. The minimum Gasteiger partial charge on any atom is -0.495 e. The summed E-state index contributed by atoms with van der Waals surface area (Å²) in [5.41, 5.74) is 0.660. The van der Waals surface area contributed by atoms with E-state index in [1.165, 1.54) is 7.11 Å². The van der Waals surface area contributed by atoms with Crippen molar-refractivity contribution in [3.05, 3.63) is 24.3 Å². The first-order chi connectivity index (χ1) is 15.8. The van der Waals surface area contributed by atoms with E-state index in [9.17, 15) is 14.4 Å². The number of methoxy groups -OCH3 is 2. The number of piperidine rings is 1. The molecule has 0 aliphatic carbocycles. The first-order valence-corrected chi connectivity index (χ1v) is 11.6. The van der Waals surface area contributed by atoms with Gasteiger partial charge in [-0.1, -0.05) is 26.0 Å². The molecule has 2 aliphatic heterocycles. The number of ether oxygens (including phenoxy) is 2. The molecule has 2 aliphatic rings. The lowest BCUT2D eigenvalue weighted by molar-refractivity contribution is -0.143. The summed E-state index contributed by atoms with van der Waals surface area (Å²) in [4.78, 5) is 41.3. The Hall–Kier alpha value is -2.97. The molecule has 1 atom stereocenters. The molecular weight excluding hydrogens is 424 g/mol. The van der Waals surface area contributed by atoms with E-state index in [1.807, 2.05) is 43.0 Å². The highest BCUT2D eigenvalue weighted by atomic mass is 16.5. The number of anilines is 1. The monoisotopic (exact) mass is 460 g/mol. The van der Waals surface area contributed by atoms with Crippen molar-refractivity contribution in [1.82, 2.24) is 15.1 Å². The van der Waals surface area contributed by atoms with Crippen molar-refractivity contribution >= 4 is 23.7 Å². The lowest BCUT2D eigenvalue weighted by Crippen LogP contribution is -2.50. The van der Waals surface area contributed by atoms with Gasteiger partial charge in [0.15, 0.2) is 0 Å². The number of nitrogens with zero attached hydrogens (tertiary/aromatic N) is 2. The number of carbonyl (C=O) groups excluding carboxylic acids is 3. The Morgan fingerprint density at radius 1 is 1.00 bits per heavy atom. The van der Waals surface area contributed by atoms with E-state index in [-0.39, 0.29) is 23.4 Å². The number of urea groups is 2. The third kappa shape index (κ3) is 6.09. The number of likely N-dealkylation sites (tertiary alicyclic amines) is 2. The van der Waals surface area contributed by atoms with Gasteiger partial charge in [-0.2, -0.15) is 0 Å². The molecule has 9 nitrogen and oxygen atoms in total. The summed E-state index contributed by atoms with van der Waals surface area (Å²) in [5.74, 6) is 0.463. The van der Waals surface area contributed by atoms with E-state index in [4.69, 9.17) is 9.47 Å². The maximum atomic E-state index is 12.8. The summed E-state index contributed by atoms with van der Waals surface area (Å²) in [6.07, 6.45) is 3.11. The zero-order valence-corrected chi connectivity index (χ0v) is 20.1. The van der Waals surface area contributed by atoms with E-state index in [1.54, 1.807) is 12.0 Å². The van der Waals surface area contributed by atoms with Crippen LogP contribution in [0.2, 0.25) is 0 Å². The Balaban J connectivity index is 1.52. The number of para-hydroxylation sites is 2. The lowest BCUT2D eigenvalue weighted by Gasteiger charge is -2.39. The fourth-order valence-corrected chi connectivity index (χ4v) is 4.71. The van der Waals surface area contributed by atoms with Crippen LogP contribution in [0.5, 0.6) is 5.75 Å². The summed E-state index contributed by atoms with van der Waals surface area (Å²) in [6, 6.07) is 6.34. The van der Waals surface area contributed by atoms with Gasteiger partial charge in [0.05, 0.1) is 19.9 Å². The smallest absolute Gasteiger partial charge is 0.328 e. The lowest BCUT2D eigenvalue weighted by atomic mass is 9.78. The minimum absolute atomic E-state index is 0.0113. The highest BCUT2D eigenvalue weighted by Crippen LogP contribution is 2.40. The summed E-state index contributed by atoms with van der Waals surface area (Å²) >= 11 is 0. The van der Waals surface area contributed by atoms with Crippen LogP contribution >= 0.6 is 0 Å². The van der Waals surface area contributed by atoms with Crippen LogP contribution in [0.3, 0.4) is 0 Å². The van der Waals surface area contributed by atoms with Gasteiger partial charge in [-0.05, 0) is 49.1 Å². The van der Waals surface area contributed by atoms with Crippen LogP contribution < -0.4 is 15.4 Å². The standard InChI is InChI=1S/C24H36N4O5/c1-17(2)15-19(21(29)33-4)26-23(31)28-14-11-24(16-28)9-12-27(13-10-24)22(30)25-18-7-5-6-8-20(18)32-3/h5-8,17,19H,9-16H2,1-4H3,(H,25,30)(H,26,31). The number of rotatable bonds is 6. The first-order valence-electron chi connectivity index (χ1n) is 11.6. The van der Waals surface area contributed by atoms with Crippen LogP contribution in [0.1, 0.15) is 39.5 Å². The molecule has 182 valence electrons. The molecular formula is C24H36N4O5. The average Bonchev–Trinajstić information content (AvgIpc) is 3.22. The van der Waals surface area contributed by atoms with Gasteiger partial charge in [0.2, 0.25) is 0 Å². The van der Waals surface area contributed by atoms with E-state index >= 15 is 0 Å². The van der Waals surface area contributed by atoms with Gasteiger partial charge in [-0.25, -0.2) is 14.4 Å². The van der Waals surface area contributed by atoms with E-state index < -0.39 is 12.0 Å². The fraction of sp³-hybridized carbons (Fsp3) is 0.625. The summed E-state index contributed by atoms with van der Waals surface area (Å²) in [6.45, 7) is 6.56. The number of hydrogen-bond acceptors (Lipinski definition) is 5. The maximum Gasteiger partial charge on any atom is 0.328 e. The van der Waals surface area contributed by atoms with Crippen molar-refractivity contribution in [2.24, 2.45) is 11.3 Å². The Bertz CT molecular complexity index is 851. The van der Waals surface area contributed by atoms with Gasteiger partial charge in [0, 0.05) is 26.2 Å². The molecule has 9 heteroatoms. The second-order valence-corrected chi connectivity index (χ2v) is 9.44. The van der Waals surface area contributed by atoms with Crippen LogP contribution in [0, 0.1) is 11.3 Å². The van der Waals surface area contributed by atoms with Crippen LogP contribution in [-0.2, 0) is 9.53 Å². The van der Waals surface area contributed by atoms with Gasteiger partial charge in [-0.15, -0.1) is 0 Å². The Morgan fingerprint density at radius 2 is 1.64 bits per heavy atom. The second-order valence-electron chi connectivity index (χ2n) is 9.44. The average molecular weight is 461 g/mol. The molecule has 0 bridgehead atoms. The van der Waals surface area contributed by atoms with Crippen LogP contribution in [0.4, 0.5) is 15.3 Å². The normalized spacial score (nSPS) is 18.2. The molecule has 0 aromatic heterocycles. The van der Waals surface area contributed by atoms with Crippen molar-refractivity contribution < 1.29 is 23.9 Å². The van der Waals surface area contributed by atoms with Gasteiger partial charge < -0.3 is 29.9 Å². The zero-order valence-electron chi connectivity index (χ0n) is 20.1. The molecule has 2 heterocycles. The SMILES string of the molecule is COC(=O)C(CC(C)C)NC(=O)N1CCC2(CCN(C(=O)Nc3ccccc3OC)CC2)C1. The molecule has 2 saturated heterocycles. The molecule has 4 amide bonds. The maximum absolute atomic E-state index is 12.8. The van der Waals surface area contributed by atoms with E-state index in [2.05, 4.69) is 10.6 Å². The summed E-state index contributed by atoms with van der Waals surface area (Å²) in [7, 11) is 2.92. The minimum atomic E-state index is -0.639. The third-order valence-corrected chi connectivity index (χ3v) is 6.68. The first kappa shape index (κ1) is 24.7. The van der Waals surface area contributed by atoms with Crippen molar-refractivity contribution in [3.8, 4) is 5.75 Å². The van der Waals surface area contributed by atoms with Gasteiger partial charge in [-0.3, -0.25) is 0 Å². The molecule has 1 aromatic rings. The Morgan fingerprint density at radius 3 is 2.24 bits per heavy atom. The van der Waals surface area contributed by atoms with Crippen LogP contribution in [-0.4, -0.2) is 74.3 Å². The van der Waals surface area contributed by atoms with Crippen molar-refractivity contribution in [2.45, 2.75) is 45.6 Å². The Kier molecular flexibility index (Phi) is 8.05. The van der Waals surface area contributed by atoms with Gasteiger partial charge in [0.1, 0.15) is 11.8 Å². The van der Waals surface area contributed by atoms with Crippen molar-refractivity contribution in [3.63, 3.8) is 0 Å². The highest BCUT2D eigenvalue weighted by molar-refractivity contribution is 5.91. The van der Waals surface area contributed by atoms with Crippen molar-refractivity contribution in [2.75, 3.05) is 45.7 Å². The van der Waals surface area contributed by atoms with Crippen molar-refractivity contribution in [1.29, 1.82) is 0 Å². The molecule has 0 saturated carbocycles. The van der Waals surface area contributed by atoms with Crippen LogP contribution in [0.15, 0.2) is 24.3 Å². The largest absolute Gasteiger partial charge is 0.495 e. The molecule has 0 radical (unpaired) electrons. The Labute approximate surface area is 195 Å². The molecule has 1 unspecified atom stereocenters. The molecule has 3 rings (SSSR count). The second kappa shape index (κ2) is 10.8. The number of benzene rings is 1. The molecule has 1 spiro atoms. The van der Waals surface area contributed by atoms with Gasteiger partial charge in [0.25, 0.3) is 0 Å². The fourth-order valence-electron chi connectivity index (χ4n) is 4.71. The van der Waals surface area contributed by atoms with Gasteiger partial charge >= 0.3 is 18.0 Å². The predicted molar refractivity (Wildman–Crippen MR) is 125 cm³/mol. The molecule has 33 heavy (non-hydrogen) atoms. The molecule has 1 aromatic carbocycles. The number of nitrogens with one attached hydrogen (secondary N) is 2. The number of hydrogen-bond donors (Lipinski definition) is 2. The number of esters is 1. The van der Waals surface area contributed by atoms with E-state index in [0.29, 0.717) is 44.0 Å². The third-order valence-electron chi connectivity index (χ3n) is 6.68. The number of amides is 4. The van der Waals surface area contributed by atoms with E-state index in [0.717, 1.165) is 19.3 Å². The summed E-state index contributed by atoms with van der Waals surface area (Å²) < 4.78 is 10.2. The zero-order chi connectivity index (χ0) is 24.0. The molecule has 2 fully saturated rings. The predicted octanol–water partition coefficient (Wildman–Crippen LogP) is 3.31. The topological polar surface area (TPSA) is 100 Å². The van der Waals surface area contributed by atoms with Crippen LogP contribution in [0.25, 0.3) is 0 Å². The quantitative estimate of drug-likeness (QED) is 0.635. The number of carbonyl (C=O) groups is 3. The summed E-state index contributed by atoms with van der Waals surface area (Å²) in [5, 5.41) is 5.79.